The first kappa shape index (κ1) is 10.0. The van der Waals surface area contributed by atoms with E-state index in [-0.39, 0.29) is 0 Å². The molecule has 70 valence electrons. The van der Waals surface area contributed by atoms with Gasteiger partial charge in [0.05, 0.1) is 25.3 Å². The molecule has 0 saturated carbocycles. The summed E-state index contributed by atoms with van der Waals surface area (Å²) in [5, 5.41) is 0. The van der Waals surface area contributed by atoms with Gasteiger partial charge in [-0.25, -0.2) is 0 Å². The predicted octanol–water partition coefficient (Wildman–Crippen LogP) is 1.67. The molecule has 0 amide bonds. The molecule has 2 nitrogen and oxygen atoms in total. The molecule has 0 fully saturated rings. The minimum absolute atomic E-state index is 0.586. The van der Waals surface area contributed by atoms with Crippen LogP contribution in [0.5, 0.6) is 11.5 Å². The fourth-order valence-corrected chi connectivity index (χ4v) is 1.12. The number of benzene rings is 1. The first-order valence-electron chi connectivity index (χ1n) is 3.96. The van der Waals surface area contributed by atoms with Crippen molar-refractivity contribution in [2.75, 3.05) is 14.2 Å². The molecular formula is C12H10O2. The van der Waals surface area contributed by atoms with E-state index in [1.165, 1.54) is 0 Å². The molecule has 0 aliphatic heterocycles. The summed E-state index contributed by atoms with van der Waals surface area (Å²) in [4.78, 5) is 0. The minimum Gasteiger partial charge on any atom is -0.495 e. The van der Waals surface area contributed by atoms with Gasteiger partial charge in [0.25, 0.3) is 0 Å². The summed E-state index contributed by atoms with van der Waals surface area (Å²) in [5.41, 5.74) is 1.25. The van der Waals surface area contributed by atoms with Crippen molar-refractivity contribution in [3.8, 4) is 36.2 Å². The van der Waals surface area contributed by atoms with Crippen molar-refractivity contribution in [1.82, 2.24) is 0 Å². The second kappa shape index (κ2) is 4.25. The predicted molar refractivity (Wildman–Crippen MR) is 55.4 cm³/mol. The molecule has 0 atom stereocenters. The molecule has 0 N–H and O–H groups in total. The van der Waals surface area contributed by atoms with Gasteiger partial charge in [0, 0.05) is 6.07 Å². The van der Waals surface area contributed by atoms with Crippen molar-refractivity contribution in [2.24, 2.45) is 0 Å². The van der Waals surface area contributed by atoms with Crippen molar-refractivity contribution in [1.29, 1.82) is 0 Å². The van der Waals surface area contributed by atoms with Crippen LogP contribution in [0.25, 0.3) is 0 Å². The molecule has 1 aromatic carbocycles. The second-order valence-corrected chi connectivity index (χ2v) is 2.54. The summed E-state index contributed by atoms with van der Waals surface area (Å²) in [6.07, 6.45) is 10.6. The monoisotopic (exact) mass is 186 g/mol. The number of methoxy groups -OCH3 is 2. The summed E-state index contributed by atoms with van der Waals surface area (Å²) in [6, 6.07) is 3.38. The third-order valence-corrected chi connectivity index (χ3v) is 1.83. The molecule has 0 aliphatic carbocycles. The van der Waals surface area contributed by atoms with Gasteiger partial charge < -0.3 is 9.47 Å². The lowest BCUT2D eigenvalue weighted by atomic mass is 10.1. The maximum atomic E-state index is 5.30. The Morgan fingerprint density at radius 1 is 0.929 bits per heavy atom. The number of hydrogen-bond donors (Lipinski definition) is 0. The fraction of sp³-hybridized carbons (Fsp3) is 0.167. The lowest BCUT2D eigenvalue weighted by Gasteiger charge is -2.08. The average Bonchev–Trinajstić information content (AvgIpc) is 2.26. The van der Waals surface area contributed by atoms with Crippen LogP contribution in [-0.2, 0) is 0 Å². The van der Waals surface area contributed by atoms with E-state index in [1.807, 2.05) is 0 Å². The Hall–Kier alpha value is -2.06. The lowest BCUT2D eigenvalue weighted by Crippen LogP contribution is -1.93. The van der Waals surface area contributed by atoms with E-state index < -0.39 is 0 Å². The molecule has 0 bridgehead atoms. The Bertz CT molecular complexity index is 382. The first-order chi connectivity index (χ1) is 6.76. The van der Waals surface area contributed by atoms with Crippen molar-refractivity contribution >= 4 is 0 Å². The normalized spacial score (nSPS) is 8.57. The van der Waals surface area contributed by atoms with Crippen LogP contribution in [-0.4, -0.2) is 14.2 Å². The van der Waals surface area contributed by atoms with Crippen molar-refractivity contribution in [3.05, 3.63) is 23.3 Å². The zero-order chi connectivity index (χ0) is 10.6. The largest absolute Gasteiger partial charge is 0.495 e. The summed E-state index contributed by atoms with van der Waals surface area (Å²) in [5.74, 6) is 6.17. The highest BCUT2D eigenvalue weighted by Gasteiger charge is 2.07. The summed E-state index contributed by atoms with van der Waals surface area (Å²) in [6.45, 7) is 0. The van der Waals surface area contributed by atoms with Crippen LogP contribution in [0, 0.1) is 24.7 Å². The Labute approximate surface area is 83.8 Å². The van der Waals surface area contributed by atoms with Crippen molar-refractivity contribution in [3.63, 3.8) is 0 Å². The van der Waals surface area contributed by atoms with E-state index >= 15 is 0 Å². The summed E-state index contributed by atoms with van der Waals surface area (Å²) >= 11 is 0. The smallest absolute Gasteiger partial charge is 0.138 e. The standard InChI is InChI=1S/C12H10O2/c1-5-9-7-10(6-2)12(14-4)8-11(9)13-3/h1-2,7-8H,3-4H3. The van der Waals surface area contributed by atoms with Gasteiger partial charge >= 0.3 is 0 Å². The van der Waals surface area contributed by atoms with Gasteiger partial charge in [-0.05, 0) is 6.07 Å². The maximum Gasteiger partial charge on any atom is 0.138 e. The van der Waals surface area contributed by atoms with E-state index in [4.69, 9.17) is 22.3 Å². The molecule has 0 saturated heterocycles. The van der Waals surface area contributed by atoms with Gasteiger partial charge in [-0.1, -0.05) is 11.8 Å². The highest BCUT2D eigenvalue weighted by molar-refractivity contribution is 5.57. The highest BCUT2D eigenvalue weighted by Crippen LogP contribution is 2.27. The number of ether oxygens (including phenoxy) is 2. The van der Waals surface area contributed by atoms with E-state index in [0.29, 0.717) is 22.6 Å². The summed E-state index contributed by atoms with van der Waals surface area (Å²) in [7, 11) is 3.09. The Morgan fingerprint density at radius 3 is 1.64 bits per heavy atom. The van der Waals surface area contributed by atoms with E-state index in [9.17, 15) is 0 Å². The molecule has 14 heavy (non-hydrogen) atoms. The van der Waals surface area contributed by atoms with Gasteiger partial charge in [0.2, 0.25) is 0 Å². The van der Waals surface area contributed by atoms with Crippen molar-refractivity contribution in [2.45, 2.75) is 0 Å². The Kier molecular flexibility index (Phi) is 3.05. The molecule has 0 radical (unpaired) electrons. The molecule has 2 heteroatoms. The van der Waals surface area contributed by atoms with Gasteiger partial charge in [0.15, 0.2) is 0 Å². The first-order valence-corrected chi connectivity index (χ1v) is 3.96. The third-order valence-electron chi connectivity index (χ3n) is 1.83. The van der Waals surface area contributed by atoms with Crippen molar-refractivity contribution < 1.29 is 9.47 Å². The maximum absolute atomic E-state index is 5.30. The number of rotatable bonds is 2. The SMILES string of the molecule is C#Cc1cc(C#C)c(OC)cc1OC. The van der Waals surface area contributed by atoms with Crippen LogP contribution in [0.1, 0.15) is 11.1 Å². The fourth-order valence-electron chi connectivity index (χ4n) is 1.12. The van der Waals surface area contributed by atoms with Gasteiger partial charge in [-0.3, -0.25) is 0 Å². The van der Waals surface area contributed by atoms with Gasteiger partial charge in [-0.2, -0.15) is 0 Å². The molecule has 0 aromatic heterocycles. The molecule has 1 rings (SSSR count). The quantitative estimate of drug-likeness (QED) is 0.654. The molecule has 0 aliphatic rings. The summed E-state index contributed by atoms with van der Waals surface area (Å²) < 4.78 is 10.2. The zero-order valence-corrected chi connectivity index (χ0v) is 8.13. The van der Waals surface area contributed by atoms with E-state index in [2.05, 4.69) is 11.8 Å². The van der Waals surface area contributed by atoms with Crippen LogP contribution in [0.2, 0.25) is 0 Å². The second-order valence-electron chi connectivity index (χ2n) is 2.54. The van der Waals surface area contributed by atoms with Gasteiger partial charge in [0.1, 0.15) is 11.5 Å². The molecule has 0 spiro atoms. The Balaban J connectivity index is 3.39. The van der Waals surface area contributed by atoms with Crippen LogP contribution in [0.4, 0.5) is 0 Å². The van der Waals surface area contributed by atoms with E-state index in [0.717, 1.165) is 0 Å². The zero-order valence-electron chi connectivity index (χ0n) is 8.13. The molecule has 0 unspecified atom stereocenters. The minimum atomic E-state index is 0.586. The Morgan fingerprint density at radius 2 is 1.36 bits per heavy atom. The van der Waals surface area contributed by atoms with Crippen LogP contribution >= 0.6 is 0 Å². The van der Waals surface area contributed by atoms with Gasteiger partial charge in [-0.15, -0.1) is 12.8 Å². The number of terminal acetylenes is 2. The van der Waals surface area contributed by atoms with E-state index in [1.54, 1.807) is 26.4 Å². The molecular weight excluding hydrogens is 176 g/mol. The van der Waals surface area contributed by atoms with Crippen LogP contribution in [0.15, 0.2) is 12.1 Å². The van der Waals surface area contributed by atoms with Crippen LogP contribution < -0.4 is 9.47 Å². The third kappa shape index (κ3) is 1.65. The molecule has 0 heterocycles. The van der Waals surface area contributed by atoms with Crippen LogP contribution in [0.3, 0.4) is 0 Å². The average molecular weight is 186 g/mol. The lowest BCUT2D eigenvalue weighted by molar-refractivity contribution is 0.393. The highest BCUT2D eigenvalue weighted by atomic mass is 16.5. The topological polar surface area (TPSA) is 18.5 Å². The molecule has 1 aromatic rings. The number of hydrogen-bond acceptors (Lipinski definition) is 2.